The zero-order valence-electron chi connectivity index (χ0n) is 10.3. The standard InChI is InChI=1S/C15H12Br2F2/c1-9-2-3-10(6-13(9)16)14(17)7-11-4-5-12(18)8-15(11)19/h2-6,8,14H,7H2,1H3. The van der Waals surface area contributed by atoms with Gasteiger partial charge in [0.15, 0.2) is 0 Å². The lowest BCUT2D eigenvalue weighted by Crippen LogP contribution is -1.99. The second-order valence-electron chi connectivity index (χ2n) is 4.42. The number of alkyl halides is 1. The molecule has 0 saturated heterocycles. The first-order valence-electron chi connectivity index (χ1n) is 5.81. The van der Waals surface area contributed by atoms with Crippen molar-refractivity contribution in [2.75, 3.05) is 0 Å². The number of halogens is 4. The van der Waals surface area contributed by atoms with Crippen LogP contribution in [0.1, 0.15) is 21.5 Å². The smallest absolute Gasteiger partial charge is 0.129 e. The Morgan fingerprint density at radius 1 is 1.11 bits per heavy atom. The van der Waals surface area contributed by atoms with E-state index in [1.807, 2.05) is 25.1 Å². The summed E-state index contributed by atoms with van der Waals surface area (Å²) < 4.78 is 27.5. The minimum atomic E-state index is -0.551. The van der Waals surface area contributed by atoms with Crippen LogP contribution in [0.3, 0.4) is 0 Å². The van der Waals surface area contributed by atoms with Crippen LogP contribution in [0.5, 0.6) is 0 Å². The lowest BCUT2D eigenvalue weighted by Gasteiger charge is -2.12. The third kappa shape index (κ3) is 3.63. The molecule has 19 heavy (non-hydrogen) atoms. The van der Waals surface area contributed by atoms with Crippen molar-refractivity contribution in [3.63, 3.8) is 0 Å². The Hall–Kier alpha value is -0.740. The van der Waals surface area contributed by atoms with Crippen molar-refractivity contribution in [3.8, 4) is 0 Å². The molecule has 2 rings (SSSR count). The van der Waals surface area contributed by atoms with Crippen LogP contribution < -0.4 is 0 Å². The van der Waals surface area contributed by atoms with Crippen molar-refractivity contribution in [2.24, 2.45) is 0 Å². The topological polar surface area (TPSA) is 0 Å². The second-order valence-corrected chi connectivity index (χ2v) is 6.38. The molecule has 0 aliphatic heterocycles. The Bertz CT molecular complexity index is 597. The maximum absolute atomic E-state index is 13.6. The number of rotatable bonds is 3. The molecule has 1 atom stereocenters. The molecule has 0 aliphatic carbocycles. The molecule has 0 saturated carbocycles. The first-order chi connectivity index (χ1) is 8.97. The summed E-state index contributed by atoms with van der Waals surface area (Å²) in [6.45, 7) is 2.01. The minimum Gasteiger partial charge on any atom is -0.207 e. The van der Waals surface area contributed by atoms with E-state index in [-0.39, 0.29) is 4.83 Å². The van der Waals surface area contributed by atoms with Crippen LogP contribution in [-0.2, 0) is 6.42 Å². The molecule has 2 aromatic carbocycles. The summed E-state index contributed by atoms with van der Waals surface area (Å²) in [7, 11) is 0. The minimum absolute atomic E-state index is 0.00985. The van der Waals surface area contributed by atoms with E-state index in [1.165, 1.54) is 12.1 Å². The summed E-state index contributed by atoms with van der Waals surface area (Å²) in [5.41, 5.74) is 2.71. The fraction of sp³-hybridized carbons (Fsp3) is 0.200. The van der Waals surface area contributed by atoms with Gasteiger partial charge in [-0.05, 0) is 42.2 Å². The van der Waals surface area contributed by atoms with Gasteiger partial charge in [-0.25, -0.2) is 8.78 Å². The second kappa shape index (κ2) is 6.14. The molecule has 0 radical (unpaired) electrons. The molecule has 0 amide bonds. The average molecular weight is 390 g/mol. The Kier molecular flexibility index (Phi) is 4.74. The molecule has 2 aromatic rings. The van der Waals surface area contributed by atoms with Crippen LogP contribution in [0, 0.1) is 18.6 Å². The highest BCUT2D eigenvalue weighted by molar-refractivity contribution is 9.10. The third-order valence-corrected chi connectivity index (χ3v) is 4.68. The van der Waals surface area contributed by atoms with E-state index >= 15 is 0 Å². The molecule has 0 aliphatic rings. The molecule has 0 nitrogen and oxygen atoms in total. The van der Waals surface area contributed by atoms with Crippen LogP contribution in [-0.4, -0.2) is 0 Å². The van der Waals surface area contributed by atoms with Crippen molar-refractivity contribution in [1.82, 2.24) is 0 Å². The number of hydrogen-bond donors (Lipinski definition) is 0. The molecule has 0 spiro atoms. The van der Waals surface area contributed by atoms with Crippen molar-refractivity contribution < 1.29 is 8.78 Å². The molecular formula is C15H12Br2F2. The maximum atomic E-state index is 13.6. The van der Waals surface area contributed by atoms with Gasteiger partial charge >= 0.3 is 0 Å². The highest BCUT2D eigenvalue weighted by Gasteiger charge is 2.13. The number of benzene rings is 2. The zero-order chi connectivity index (χ0) is 14.0. The molecule has 0 N–H and O–H groups in total. The summed E-state index contributed by atoms with van der Waals surface area (Å²) in [6.07, 6.45) is 0.474. The molecule has 1 unspecified atom stereocenters. The Labute approximate surface area is 128 Å². The van der Waals surface area contributed by atoms with Crippen molar-refractivity contribution in [3.05, 3.63) is 69.2 Å². The molecule has 0 bridgehead atoms. The van der Waals surface area contributed by atoms with Crippen molar-refractivity contribution in [2.45, 2.75) is 18.2 Å². The Morgan fingerprint density at radius 2 is 1.84 bits per heavy atom. The summed E-state index contributed by atoms with van der Waals surface area (Å²) in [6, 6.07) is 9.71. The van der Waals surface area contributed by atoms with Crippen LogP contribution in [0.2, 0.25) is 0 Å². The predicted molar refractivity (Wildman–Crippen MR) is 80.6 cm³/mol. The summed E-state index contributed by atoms with van der Waals surface area (Å²) in [5, 5.41) is 0. The maximum Gasteiger partial charge on any atom is 0.129 e. The van der Waals surface area contributed by atoms with Gasteiger partial charge in [0, 0.05) is 15.4 Å². The van der Waals surface area contributed by atoms with Gasteiger partial charge in [-0.2, -0.15) is 0 Å². The molecule has 100 valence electrons. The van der Waals surface area contributed by atoms with Crippen molar-refractivity contribution in [1.29, 1.82) is 0 Å². The van der Waals surface area contributed by atoms with Crippen LogP contribution in [0.4, 0.5) is 8.78 Å². The van der Waals surface area contributed by atoms with Crippen molar-refractivity contribution >= 4 is 31.9 Å². The molecule has 4 heteroatoms. The van der Waals surface area contributed by atoms with Gasteiger partial charge in [0.05, 0.1) is 0 Å². The molecular weight excluding hydrogens is 378 g/mol. The Balaban J connectivity index is 2.20. The first-order valence-corrected chi connectivity index (χ1v) is 7.52. The highest BCUT2D eigenvalue weighted by Crippen LogP contribution is 2.31. The zero-order valence-corrected chi connectivity index (χ0v) is 13.4. The van der Waals surface area contributed by atoms with Gasteiger partial charge in [0.2, 0.25) is 0 Å². The van der Waals surface area contributed by atoms with E-state index in [2.05, 4.69) is 31.9 Å². The van der Waals surface area contributed by atoms with Gasteiger partial charge in [-0.1, -0.05) is 50.1 Å². The largest absolute Gasteiger partial charge is 0.207 e. The SMILES string of the molecule is Cc1ccc(C(Br)Cc2ccc(F)cc2F)cc1Br. The normalized spacial score (nSPS) is 12.5. The molecule has 0 fully saturated rings. The fourth-order valence-electron chi connectivity index (χ4n) is 1.80. The summed E-state index contributed by atoms with van der Waals surface area (Å²) >= 11 is 7.03. The quantitative estimate of drug-likeness (QED) is 0.589. The van der Waals surface area contributed by atoms with Gasteiger partial charge in [0.25, 0.3) is 0 Å². The van der Waals surface area contributed by atoms with Crippen LogP contribution in [0.15, 0.2) is 40.9 Å². The van der Waals surface area contributed by atoms with Crippen LogP contribution in [0.25, 0.3) is 0 Å². The first kappa shape index (κ1) is 14.7. The molecule has 0 aromatic heterocycles. The van der Waals surface area contributed by atoms with E-state index in [0.717, 1.165) is 21.7 Å². The van der Waals surface area contributed by atoms with E-state index in [0.29, 0.717) is 12.0 Å². The van der Waals surface area contributed by atoms with Gasteiger partial charge in [0.1, 0.15) is 11.6 Å². The number of hydrogen-bond acceptors (Lipinski definition) is 0. The lowest BCUT2D eigenvalue weighted by molar-refractivity contribution is 0.571. The highest BCUT2D eigenvalue weighted by atomic mass is 79.9. The third-order valence-electron chi connectivity index (χ3n) is 2.97. The van der Waals surface area contributed by atoms with Gasteiger partial charge < -0.3 is 0 Å². The summed E-state index contributed by atoms with van der Waals surface area (Å²) in [4.78, 5) is -0.00985. The van der Waals surface area contributed by atoms with Crippen LogP contribution >= 0.6 is 31.9 Å². The van der Waals surface area contributed by atoms with Gasteiger partial charge in [-0.3, -0.25) is 0 Å². The van der Waals surface area contributed by atoms with E-state index < -0.39 is 11.6 Å². The lowest BCUT2D eigenvalue weighted by atomic mass is 10.0. The monoisotopic (exact) mass is 388 g/mol. The van der Waals surface area contributed by atoms with Gasteiger partial charge in [-0.15, -0.1) is 0 Å². The number of aryl methyl sites for hydroxylation is 1. The fourth-order valence-corrected chi connectivity index (χ4v) is 2.83. The summed E-state index contributed by atoms with van der Waals surface area (Å²) in [5.74, 6) is -1.05. The predicted octanol–water partition coefficient (Wildman–Crippen LogP) is 5.71. The molecule has 0 heterocycles. The Morgan fingerprint density at radius 3 is 2.47 bits per heavy atom. The van der Waals surface area contributed by atoms with E-state index in [1.54, 1.807) is 0 Å². The average Bonchev–Trinajstić information content (AvgIpc) is 2.36. The van der Waals surface area contributed by atoms with E-state index in [9.17, 15) is 8.78 Å². The van der Waals surface area contributed by atoms with E-state index in [4.69, 9.17) is 0 Å².